The molecule has 3 aromatic rings. The lowest BCUT2D eigenvalue weighted by molar-refractivity contribution is -0.278. The first-order chi connectivity index (χ1) is 19.7. The number of ether oxygens (including phenoxy) is 7. The Bertz CT molecular complexity index is 1350. The summed E-state index contributed by atoms with van der Waals surface area (Å²) in [5.41, 5.74) is -0.444. The summed E-state index contributed by atoms with van der Waals surface area (Å²) in [7, 11) is 4.02. The molecule has 17 nitrogen and oxygen atoms in total. The van der Waals surface area contributed by atoms with Crippen molar-refractivity contribution < 1.29 is 63.5 Å². The van der Waals surface area contributed by atoms with Crippen molar-refractivity contribution in [2.75, 3.05) is 27.9 Å². The summed E-state index contributed by atoms with van der Waals surface area (Å²) in [6, 6.07) is 5.96. The van der Waals surface area contributed by atoms with Gasteiger partial charge in [-0.25, -0.2) is 4.79 Å². The number of carbonyl (C=O) groups is 1. The summed E-state index contributed by atoms with van der Waals surface area (Å²) in [5, 5.41) is 49.6. The normalized spacial score (nSPS) is 22.0. The Morgan fingerprint density at radius 2 is 1.29 bits per heavy atom. The summed E-state index contributed by atoms with van der Waals surface area (Å²) in [4.78, 5) is 28.3. The Morgan fingerprint density at radius 3 is 1.76 bits per heavy atom. The number of aromatic nitrogens is 4. The zero-order valence-electron chi connectivity index (χ0n) is 21.8. The molecule has 0 radical (unpaired) electrons. The van der Waals surface area contributed by atoms with Crippen molar-refractivity contribution in [2.45, 2.75) is 30.7 Å². The number of carboxylic acids is 1. The van der Waals surface area contributed by atoms with Gasteiger partial charge in [0.2, 0.25) is 29.8 Å². The Morgan fingerprint density at radius 1 is 0.805 bits per heavy atom. The second-order valence-electron chi connectivity index (χ2n) is 8.22. The van der Waals surface area contributed by atoms with Crippen LogP contribution in [0.1, 0.15) is 10.4 Å². The fraction of sp³-hybridized carbons (Fsp3) is 0.375. The van der Waals surface area contributed by atoms with E-state index in [1.807, 2.05) is 0 Å². The van der Waals surface area contributed by atoms with Crippen LogP contribution in [-0.4, -0.2) is 110 Å². The molecule has 0 aliphatic carbocycles. The summed E-state index contributed by atoms with van der Waals surface area (Å²) < 4.78 is 37.4. The molecule has 3 heterocycles. The molecule has 1 aromatic carbocycles. The van der Waals surface area contributed by atoms with E-state index in [1.165, 1.54) is 51.7 Å². The highest BCUT2D eigenvalue weighted by atomic mass is 16.7. The molecule has 1 aliphatic heterocycles. The van der Waals surface area contributed by atoms with Crippen LogP contribution in [0.4, 0.5) is 0 Å². The summed E-state index contributed by atoms with van der Waals surface area (Å²) in [6.45, 7) is -0.670. The molecule has 0 spiro atoms. The van der Waals surface area contributed by atoms with Crippen molar-refractivity contribution in [1.82, 2.24) is 19.9 Å². The van der Waals surface area contributed by atoms with Crippen LogP contribution in [0.2, 0.25) is 0 Å². The highest BCUT2D eigenvalue weighted by Gasteiger charge is 2.45. The first kappa shape index (κ1) is 29.4. The zero-order valence-corrected chi connectivity index (χ0v) is 21.8. The molecule has 0 bridgehead atoms. The van der Waals surface area contributed by atoms with Gasteiger partial charge in [0, 0.05) is 0 Å². The summed E-state index contributed by atoms with van der Waals surface area (Å²) in [5.74, 6) is -2.05. The van der Waals surface area contributed by atoms with Crippen molar-refractivity contribution in [3.05, 3.63) is 35.9 Å². The summed E-state index contributed by atoms with van der Waals surface area (Å²) >= 11 is 0. The van der Waals surface area contributed by atoms with Crippen LogP contribution in [0.15, 0.2) is 30.3 Å². The predicted octanol–water partition coefficient (Wildman–Crippen LogP) is -0.246. The monoisotopic (exact) mass is 578 g/mol. The minimum Gasteiger partial charge on any atom is -0.481 e. The summed E-state index contributed by atoms with van der Waals surface area (Å²) in [6.07, 6.45) is -7.81. The molecule has 1 saturated heterocycles. The van der Waals surface area contributed by atoms with Gasteiger partial charge in [-0.1, -0.05) is 6.07 Å². The predicted molar refractivity (Wildman–Crippen MR) is 132 cm³/mol. The van der Waals surface area contributed by atoms with Crippen molar-refractivity contribution >= 4 is 5.97 Å². The molecule has 1 aliphatic rings. The molecule has 2 aromatic heterocycles. The average molecular weight is 578 g/mol. The van der Waals surface area contributed by atoms with E-state index in [0.29, 0.717) is 0 Å². The van der Waals surface area contributed by atoms with Gasteiger partial charge >= 0.3 is 18.0 Å². The molecule has 4 rings (SSSR count). The van der Waals surface area contributed by atoms with Crippen LogP contribution in [0, 0.1) is 0 Å². The number of rotatable bonds is 11. The lowest BCUT2D eigenvalue weighted by Gasteiger charge is -2.39. The molecule has 0 amide bonds. The van der Waals surface area contributed by atoms with Crippen molar-refractivity contribution in [1.29, 1.82) is 0 Å². The van der Waals surface area contributed by atoms with Crippen LogP contribution in [-0.2, 0) is 4.74 Å². The molecule has 1 fully saturated rings. The van der Waals surface area contributed by atoms with E-state index in [9.17, 15) is 30.3 Å². The molecular weight excluding hydrogens is 552 g/mol. The van der Waals surface area contributed by atoms with Crippen molar-refractivity contribution in [3.8, 4) is 47.0 Å². The van der Waals surface area contributed by atoms with Gasteiger partial charge in [0.25, 0.3) is 0 Å². The Kier molecular flexibility index (Phi) is 9.15. The molecule has 5 N–H and O–H groups in total. The van der Waals surface area contributed by atoms with Gasteiger partial charge < -0.3 is 58.7 Å². The van der Waals surface area contributed by atoms with Crippen LogP contribution in [0.5, 0.6) is 47.0 Å². The number of hydrogen-bond donors (Lipinski definition) is 5. The first-order valence-electron chi connectivity index (χ1n) is 11.8. The third kappa shape index (κ3) is 6.61. The number of carboxylic acid groups (broad SMARTS) is 1. The number of hydrogen-bond acceptors (Lipinski definition) is 16. The van der Waals surface area contributed by atoms with Gasteiger partial charge in [-0.2, -0.15) is 19.9 Å². The number of benzene rings is 1. The largest absolute Gasteiger partial charge is 0.481 e. The Hall–Kier alpha value is -4.55. The maximum atomic E-state index is 12.2. The van der Waals surface area contributed by atoms with E-state index < -0.39 is 54.9 Å². The van der Waals surface area contributed by atoms with Crippen molar-refractivity contribution in [2.24, 2.45) is 0 Å². The van der Waals surface area contributed by atoms with Gasteiger partial charge in [-0.3, -0.25) is 0 Å². The van der Waals surface area contributed by atoms with E-state index in [4.69, 9.17) is 33.2 Å². The van der Waals surface area contributed by atoms with Crippen LogP contribution in [0.25, 0.3) is 0 Å². The number of aliphatic hydroxyl groups is 4. The molecule has 0 saturated carbocycles. The van der Waals surface area contributed by atoms with E-state index in [2.05, 4.69) is 19.9 Å². The zero-order chi connectivity index (χ0) is 29.7. The topological polar surface area (TPSA) is 234 Å². The fourth-order valence-corrected chi connectivity index (χ4v) is 3.61. The minimum absolute atomic E-state index is 0.0873. The van der Waals surface area contributed by atoms with Crippen LogP contribution >= 0.6 is 0 Å². The maximum Gasteiger partial charge on any atom is 0.343 e. The fourth-order valence-electron chi connectivity index (χ4n) is 3.61. The smallest absolute Gasteiger partial charge is 0.343 e. The highest BCUT2D eigenvalue weighted by Crippen LogP contribution is 2.35. The molecule has 5 atom stereocenters. The standard InChI is InChI=1S/C24H26N4O13/c1-35-13-7-14(36-2)26-23(25-13)39-10-5-4-6-11(17(10)21(33)34)40-24-27-15(37-3)8-16(28-24)41-22-20(32)19(31)18(30)12(9-29)38-22/h4-8,12,18-20,22,29-32H,9H2,1-3H3,(H,33,34)/t12-,18-,19+,20-,22+/m1/s1. The number of nitrogens with zero attached hydrogens (tertiary/aromatic N) is 4. The second-order valence-corrected chi connectivity index (χ2v) is 8.22. The molecule has 0 unspecified atom stereocenters. The molecule has 41 heavy (non-hydrogen) atoms. The average Bonchev–Trinajstić information content (AvgIpc) is 2.96. The Balaban J connectivity index is 1.63. The third-order valence-electron chi connectivity index (χ3n) is 5.63. The van der Waals surface area contributed by atoms with Crippen LogP contribution < -0.4 is 28.4 Å². The third-order valence-corrected chi connectivity index (χ3v) is 5.63. The maximum absolute atomic E-state index is 12.2. The van der Waals surface area contributed by atoms with Crippen LogP contribution in [0.3, 0.4) is 0 Å². The highest BCUT2D eigenvalue weighted by molar-refractivity contribution is 5.94. The van der Waals surface area contributed by atoms with Gasteiger partial charge in [0.1, 0.15) is 41.5 Å². The molecule has 220 valence electrons. The second kappa shape index (κ2) is 12.7. The lowest BCUT2D eigenvalue weighted by Crippen LogP contribution is -2.60. The van der Waals surface area contributed by atoms with E-state index in [-0.39, 0.29) is 41.0 Å². The minimum atomic E-state index is -1.72. The SMILES string of the molecule is COc1cc(OC)nc(Oc2cccc(Oc3nc(OC)cc(O[C@@H]4O[C@H](CO)[C@@H](O)[C@H](O)[C@H]4O)n3)c2C(=O)O)n1. The quantitative estimate of drug-likeness (QED) is 0.197. The Labute approximate surface area is 231 Å². The van der Waals surface area contributed by atoms with E-state index in [1.54, 1.807) is 0 Å². The number of aromatic carboxylic acids is 1. The van der Waals surface area contributed by atoms with Gasteiger partial charge in [0.05, 0.1) is 40.1 Å². The van der Waals surface area contributed by atoms with E-state index in [0.717, 1.165) is 0 Å². The van der Waals surface area contributed by atoms with E-state index >= 15 is 0 Å². The first-order valence-corrected chi connectivity index (χ1v) is 11.8. The van der Waals surface area contributed by atoms with Gasteiger partial charge in [0.15, 0.2) is 0 Å². The molecule has 17 heteroatoms. The van der Waals surface area contributed by atoms with Crippen molar-refractivity contribution in [3.63, 3.8) is 0 Å². The lowest BCUT2D eigenvalue weighted by atomic mass is 9.99. The van der Waals surface area contributed by atoms with Gasteiger partial charge in [-0.15, -0.1) is 0 Å². The van der Waals surface area contributed by atoms with Gasteiger partial charge in [-0.05, 0) is 12.1 Å². The number of methoxy groups -OCH3 is 3. The molecular formula is C24H26N4O13. The number of aliphatic hydroxyl groups excluding tert-OH is 4.